The van der Waals surface area contributed by atoms with Crippen LogP contribution in [0.1, 0.15) is 77.0 Å². The van der Waals surface area contributed by atoms with Crippen molar-refractivity contribution in [1.29, 1.82) is 0 Å². The molecule has 2 nitrogen and oxygen atoms in total. The number of furan rings is 1. The highest BCUT2D eigenvalue weighted by atomic mass is 16.3. The van der Waals surface area contributed by atoms with Gasteiger partial charge in [-0.2, -0.15) is 0 Å². The molecule has 0 unspecified atom stereocenters. The van der Waals surface area contributed by atoms with Gasteiger partial charge in [0.25, 0.3) is 0 Å². The summed E-state index contributed by atoms with van der Waals surface area (Å²) in [5.41, 5.74) is 8.48. The first kappa shape index (κ1) is 21.4. The minimum Gasteiger partial charge on any atom is -0.454 e. The van der Waals surface area contributed by atoms with E-state index in [-0.39, 0.29) is 10.8 Å². The first-order chi connectivity index (χ1) is 16.2. The molecule has 0 radical (unpaired) electrons. The number of rotatable bonds is 2. The van der Waals surface area contributed by atoms with Gasteiger partial charge < -0.3 is 4.42 Å². The third-order valence-electron chi connectivity index (χ3n) is 8.15. The standard InChI is InChI=1S/C32H33NO/c1-19(2)24-16-21(15-20-9-7-8-10-22(20)24)29-30-23(11-14-33-29)25-17-26-27(18-28(25)34-30)32(5,6)13-12-31(26,3)4/h7-11,14-19H,12-13H2,1-6H3. The van der Waals surface area contributed by atoms with Crippen LogP contribution in [-0.4, -0.2) is 4.98 Å². The lowest BCUT2D eigenvalue weighted by molar-refractivity contribution is 0.332. The summed E-state index contributed by atoms with van der Waals surface area (Å²) in [5.74, 6) is 0.427. The first-order valence-corrected chi connectivity index (χ1v) is 12.5. The van der Waals surface area contributed by atoms with E-state index in [0.717, 1.165) is 27.8 Å². The summed E-state index contributed by atoms with van der Waals surface area (Å²) in [6.07, 6.45) is 4.34. The van der Waals surface area contributed by atoms with Gasteiger partial charge in [-0.15, -0.1) is 0 Å². The Labute approximate surface area is 202 Å². The van der Waals surface area contributed by atoms with Crippen molar-refractivity contribution in [2.75, 3.05) is 0 Å². The zero-order valence-corrected chi connectivity index (χ0v) is 21.1. The Bertz CT molecular complexity index is 1580. The van der Waals surface area contributed by atoms with Crippen molar-refractivity contribution >= 4 is 32.7 Å². The lowest BCUT2D eigenvalue weighted by Gasteiger charge is -2.41. The molecule has 34 heavy (non-hydrogen) atoms. The average molecular weight is 448 g/mol. The van der Waals surface area contributed by atoms with E-state index in [2.05, 4.69) is 96.1 Å². The summed E-state index contributed by atoms with van der Waals surface area (Å²) in [5, 5.41) is 4.92. The van der Waals surface area contributed by atoms with Gasteiger partial charge in [-0.3, -0.25) is 4.98 Å². The van der Waals surface area contributed by atoms with E-state index in [0.29, 0.717) is 5.92 Å². The monoisotopic (exact) mass is 447 g/mol. The van der Waals surface area contributed by atoms with E-state index >= 15 is 0 Å². The maximum Gasteiger partial charge on any atom is 0.161 e. The van der Waals surface area contributed by atoms with Crippen LogP contribution in [0.2, 0.25) is 0 Å². The van der Waals surface area contributed by atoms with Gasteiger partial charge in [0, 0.05) is 22.5 Å². The van der Waals surface area contributed by atoms with Crippen molar-refractivity contribution < 1.29 is 4.42 Å². The van der Waals surface area contributed by atoms with Gasteiger partial charge in [0.1, 0.15) is 11.3 Å². The minimum absolute atomic E-state index is 0.156. The summed E-state index contributed by atoms with van der Waals surface area (Å²) in [6.45, 7) is 14.0. The van der Waals surface area contributed by atoms with Gasteiger partial charge in [0.05, 0.1) is 0 Å². The quantitative estimate of drug-likeness (QED) is 0.269. The number of hydrogen-bond acceptors (Lipinski definition) is 2. The largest absolute Gasteiger partial charge is 0.454 e. The molecule has 0 saturated heterocycles. The SMILES string of the molecule is CC(C)c1cc(-c2nccc3c2oc2cc4c(cc23)C(C)(C)CCC4(C)C)cc2ccccc12. The fourth-order valence-electron chi connectivity index (χ4n) is 5.92. The van der Waals surface area contributed by atoms with E-state index in [1.54, 1.807) is 0 Å². The molecule has 3 aromatic carbocycles. The molecule has 5 aromatic rings. The van der Waals surface area contributed by atoms with Crippen molar-refractivity contribution in [2.45, 2.75) is 71.1 Å². The Morgan fingerprint density at radius 2 is 1.50 bits per heavy atom. The van der Waals surface area contributed by atoms with Crippen molar-refractivity contribution in [2.24, 2.45) is 0 Å². The number of aromatic nitrogens is 1. The molecular weight excluding hydrogens is 414 g/mol. The smallest absolute Gasteiger partial charge is 0.161 e. The molecule has 1 aliphatic rings. The second-order valence-corrected chi connectivity index (χ2v) is 11.7. The molecule has 1 aliphatic carbocycles. The lowest BCUT2D eigenvalue weighted by atomic mass is 9.63. The first-order valence-electron chi connectivity index (χ1n) is 12.5. The molecule has 0 N–H and O–H groups in total. The van der Waals surface area contributed by atoms with Crippen molar-refractivity contribution in [3.8, 4) is 11.3 Å². The Hall–Kier alpha value is -3.13. The zero-order valence-electron chi connectivity index (χ0n) is 21.1. The summed E-state index contributed by atoms with van der Waals surface area (Å²) in [4.78, 5) is 4.84. The predicted octanol–water partition coefficient (Wildman–Crippen LogP) is 9.27. The topological polar surface area (TPSA) is 26.0 Å². The normalized spacial score (nSPS) is 17.0. The van der Waals surface area contributed by atoms with Crippen LogP contribution < -0.4 is 0 Å². The number of fused-ring (bicyclic) bond motifs is 5. The average Bonchev–Trinajstić information content (AvgIpc) is 3.18. The fourth-order valence-corrected chi connectivity index (χ4v) is 5.92. The van der Waals surface area contributed by atoms with E-state index in [4.69, 9.17) is 9.40 Å². The van der Waals surface area contributed by atoms with E-state index in [1.807, 2.05) is 6.20 Å². The van der Waals surface area contributed by atoms with Gasteiger partial charge in [0.2, 0.25) is 0 Å². The second-order valence-electron chi connectivity index (χ2n) is 11.7. The molecule has 172 valence electrons. The second kappa shape index (κ2) is 7.18. The molecule has 2 heterocycles. The number of benzene rings is 3. The molecule has 0 amide bonds. The van der Waals surface area contributed by atoms with E-state index in [1.165, 1.54) is 45.7 Å². The molecule has 0 aliphatic heterocycles. The Morgan fingerprint density at radius 3 is 2.24 bits per heavy atom. The predicted molar refractivity (Wildman–Crippen MR) is 144 cm³/mol. The van der Waals surface area contributed by atoms with Crippen LogP contribution in [0.15, 0.2) is 65.2 Å². The highest BCUT2D eigenvalue weighted by Crippen LogP contribution is 2.48. The lowest BCUT2D eigenvalue weighted by Crippen LogP contribution is -2.33. The van der Waals surface area contributed by atoms with Gasteiger partial charge in [-0.25, -0.2) is 0 Å². The van der Waals surface area contributed by atoms with E-state index < -0.39 is 0 Å². The van der Waals surface area contributed by atoms with Crippen molar-refractivity contribution in [3.05, 3.63) is 77.5 Å². The van der Waals surface area contributed by atoms with Crippen LogP contribution in [0.4, 0.5) is 0 Å². The van der Waals surface area contributed by atoms with Crippen molar-refractivity contribution in [3.63, 3.8) is 0 Å². The maximum atomic E-state index is 6.62. The third kappa shape index (κ3) is 3.11. The summed E-state index contributed by atoms with van der Waals surface area (Å²) >= 11 is 0. The fraction of sp³-hybridized carbons (Fsp3) is 0.344. The van der Waals surface area contributed by atoms with Gasteiger partial charge in [0.15, 0.2) is 5.58 Å². The van der Waals surface area contributed by atoms with Crippen LogP contribution in [0.25, 0.3) is 44.0 Å². The zero-order chi connectivity index (χ0) is 23.8. The van der Waals surface area contributed by atoms with Crippen LogP contribution in [-0.2, 0) is 10.8 Å². The molecular formula is C32H33NO. The maximum absolute atomic E-state index is 6.62. The molecule has 6 rings (SSSR count). The molecule has 2 heteroatoms. The molecule has 0 atom stereocenters. The molecule has 0 saturated carbocycles. The van der Waals surface area contributed by atoms with Gasteiger partial charge >= 0.3 is 0 Å². The van der Waals surface area contributed by atoms with Crippen LogP contribution in [0.5, 0.6) is 0 Å². The summed E-state index contributed by atoms with van der Waals surface area (Å²) < 4.78 is 6.62. The highest BCUT2D eigenvalue weighted by molar-refractivity contribution is 6.09. The minimum atomic E-state index is 0.156. The van der Waals surface area contributed by atoms with Gasteiger partial charge in [-0.05, 0) is 87.4 Å². The van der Waals surface area contributed by atoms with Crippen LogP contribution in [0, 0.1) is 0 Å². The number of nitrogens with zero attached hydrogens (tertiary/aromatic N) is 1. The molecule has 2 aromatic heterocycles. The van der Waals surface area contributed by atoms with Gasteiger partial charge in [-0.1, -0.05) is 65.8 Å². The molecule has 0 spiro atoms. The Kier molecular flexibility index (Phi) is 4.52. The Morgan fingerprint density at radius 1 is 0.794 bits per heavy atom. The molecule has 0 fully saturated rings. The van der Waals surface area contributed by atoms with Crippen molar-refractivity contribution in [1.82, 2.24) is 4.98 Å². The Balaban J connectivity index is 1.64. The summed E-state index contributed by atoms with van der Waals surface area (Å²) in [7, 11) is 0. The summed E-state index contributed by atoms with van der Waals surface area (Å²) in [6, 6.07) is 20.0. The third-order valence-corrected chi connectivity index (χ3v) is 8.15. The number of hydrogen-bond donors (Lipinski definition) is 0. The van der Waals surface area contributed by atoms with Crippen LogP contribution in [0.3, 0.4) is 0 Å². The molecule has 0 bridgehead atoms. The van der Waals surface area contributed by atoms with Crippen LogP contribution >= 0.6 is 0 Å². The van der Waals surface area contributed by atoms with E-state index in [9.17, 15) is 0 Å². The number of pyridine rings is 1. The highest BCUT2D eigenvalue weighted by Gasteiger charge is 2.37.